The van der Waals surface area contributed by atoms with Crippen molar-refractivity contribution in [3.05, 3.63) is 23.8 Å². The molecule has 1 atom stereocenters. The van der Waals surface area contributed by atoms with E-state index in [0.29, 0.717) is 0 Å². The van der Waals surface area contributed by atoms with E-state index in [4.69, 9.17) is 0 Å². The molecule has 0 aromatic rings. The van der Waals surface area contributed by atoms with E-state index < -0.39 is 0 Å². The molecule has 1 unspecified atom stereocenters. The third kappa shape index (κ3) is 2.21. The van der Waals surface area contributed by atoms with Gasteiger partial charge in [-0.25, -0.2) is 0 Å². The summed E-state index contributed by atoms with van der Waals surface area (Å²) in [5.41, 5.74) is 2.81. The van der Waals surface area contributed by atoms with Crippen molar-refractivity contribution in [3.63, 3.8) is 0 Å². The van der Waals surface area contributed by atoms with Gasteiger partial charge in [0, 0.05) is 0 Å². The maximum atomic E-state index is 4.02. The summed E-state index contributed by atoms with van der Waals surface area (Å²) >= 11 is 0. The molecular weight excluding hydrogens is 132 g/mol. The van der Waals surface area contributed by atoms with Gasteiger partial charge in [-0.3, -0.25) is 0 Å². The zero-order valence-corrected chi connectivity index (χ0v) is 7.85. The van der Waals surface area contributed by atoms with Crippen LogP contribution in [-0.2, 0) is 0 Å². The minimum absolute atomic E-state index is 0.801. The summed E-state index contributed by atoms with van der Waals surface area (Å²) in [5.74, 6) is 1.64. The smallest absolute Gasteiger partial charge is 0.0251 e. The molecule has 0 saturated carbocycles. The van der Waals surface area contributed by atoms with Crippen molar-refractivity contribution in [1.82, 2.24) is 0 Å². The quantitative estimate of drug-likeness (QED) is 0.536. The molecule has 0 bridgehead atoms. The van der Waals surface area contributed by atoms with Crippen molar-refractivity contribution in [2.24, 2.45) is 11.8 Å². The molecule has 1 aliphatic rings. The molecule has 0 fully saturated rings. The third-order valence-corrected chi connectivity index (χ3v) is 2.50. The molecule has 0 aromatic heterocycles. The lowest BCUT2D eigenvalue weighted by atomic mass is 9.80. The summed E-state index contributed by atoms with van der Waals surface area (Å²) in [5, 5.41) is 0. The first-order valence-electron chi connectivity index (χ1n) is 4.44. The van der Waals surface area contributed by atoms with Gasteiger partial charge in [-0.2, -0.15) is 0 Å². The molecule has 0 spiro atoms. The van der Waals surface area contributed by atoms with Gasteiger partial charge in [0.25, 0.3) is 0 Å². The van der Waals surface area contributed by atoms with Crippen LogP contribution >= 0.6 is 0 Å². The molecule has 0 aromatic carbocycles. The first kappa shape index (κ1) is 8.58. The van der Waals surface area contributed by atoms with E-state index in [1.807, 2.05) is 0 Å². The highest BCUT2D eigenvalue weighted by Crippen LogP contribution is 2.31. The van der Waals surface area contributed by atoms with Crippen LogP contribution in [0.4, 0.5) is 0 Å². The average Bonchev–Trinajstić information content (AvgIpc) is 1.85. The molecule has 11 heavy (non-hydrogen) atoms. The Bertz CT molecular complexity index is 184. The largest absolute Gasteiger partial charge is 0.0958 e. The molecule has 62 valence electrons. The minimum Gasteiger partial charge on any atom is -0.0958 e. The van der Waals surface area contributed by atoms with Crippen LogP contribution in [0.2, 0.25) is 0 Å². The highest BCUT2D eigenvalue weighted by atomic mass is 14.2. The molecule has 0 nitrogen and oxygen atoms in total. The number of allylic oxidation sites excluding steroid dienone is 3. The molecule has 0 heterocycles. The Morgan fingerprint density at radius 3 is 2.55 bits per heavy atom. The normalized spacial score (nSPS) is 25.6. The number of hydrogen-bond donors (Lipinski definition) is 0. The molecule has 0 aliphatic heterocycles. The monoisotopic (exact) mass is 150 g/mol. The molecule has 0 N–H and O–H groups in total. The van der Waals surface area contributed by atoms with Gasteiger partial charge < -0.3 is 0 Å². The second-order valence-corrected chi connectivity index (χ2v) is 4.06. The van der Waals surface area contributed by atoms with Crippen LogP contribution in [0.25, 0.3) is 0 Å². The fourth-order valence-electron chi connectivity index (χ4n) is 1.76. The van der Waals surface area contributed by atoms with Gasteiger partial charge in [-0.05, 0) is 31.6 Å². The minimum atomic E-state index is 0.801. The third-order valence-electron chi connectivity index (χ3n) is 2.50. The van der Waals surface area contributed by atoms with Crippen molar-refractivity contribution in [3.8, 4) is 0 Å². The lowest BCUT2D eigenvalue weighted by molar-refractivity contribution is 0.373. The maximum absolute atomic E-state index is 4.02. The van der Waals surface area contributed by atoms with E-state index in [1.165, 1.54) is 24.0 Å². The Kier molecular flexibility index (Phi) is 2.53. The van der Waals surface area contributed by atoms with Gasteiger partial charge in [0.05, 0.1) is 0 Å². The van der Waals surface area contributed by atoms with Gasteiger partial charge in [-0.1, -0.05) is 37.6 Å². The zero-order valence-electron chi connectivity index (χ0n) is 7.85. The van der Waals surface area contributed by atoms with Gasteiger partial charge in [0.15, 0.2) is 0 Å². The number of hydrogen-bond acceptors (Lipinski definition) is 0. The van der Waals surface area contributed by atoms with Crippen molar-refractivity contribution in [2.75, 3.05) is 0 Å². The molecule has 0 saturated heterocycles. The fraction of sp³-hybridized carbons (Fsp3) is 0.636. The van der Waals surface area contributed by atoms with E-state index in [2.05, 4.69) is 33.4 Å². The van der Waals surface area contributed by atoms with Crippen molar-refractivity contribution < 1.29 is 0 Å². The molecule has 1 rings (SSSR count). The molecule has 0 amide bonds. The Hall–Kier alpha value is -0.520. The molecule has 0 radical (unpaired) electrons. The summed E-state index contributed by atoms with van der Waals surface area (Å²) in [7, 11) is 0. The van der Waals surface area contributed by atoms with Gasteiger partial charge >= 0.3 is 0 Å². The van der Waals surface area contributed by atoms with Crippen LogP contribution in [0.15, 0.2) is 23.8 Å². The predicted octanol–water partition coefficient (Wildman–Crippen LogP) is 3.55. The van der Waals surface area contributed by atoms with Gasteiger partial charge in [0.2, 0.25) is 0 Å². The van der Waals surface area contributed by atoms with Crippen LogP contribution in [-0.4, -0.2) is 0 Å². The Balaban J connectivity index is 2.64. The maximum Gasteiger partial charge on any atom is -0.0251 e. The average molecular weight is 150 g/mol. The standard InChI is InChI=1S/C11H18/c1-8(2)11-6-9(3)5-10(4)7-11/h5,8,11H,3,6-7H2,1-2,4H3. The van der Waals surface area contributed by atoms with E-state index in [-0.39, 0.29) is 0 Å². The van der Waals surface area contributed by atoms with Crippen LogP contribution in [0.3, 0.4) is 0 Å². The van der Waals surface area contributed by atoms with Crippen LogP contribution in [0.5, 0.6) is 0 Å². The Morgan fingerprint density at radius 2 is 2.09 bits per heavy atom. The van der Waals surface area contributed by atoms with Gasteiger partial charge in [-0.15, -0.1) is 0 Å². The van der Waals surface area contributed by atoms with E-state index in [9.17, 15) is 0 Å². The zero-order chi connectivity index (χ0) is 8.43. The molecule has 1 aliphatic carbocycles. The number of rotatable bonds is 1. The van der Waals surface area contributed by atoms with Crippen molar-refractivity contribution in [1.29, 1.82) is 0 Å². The second-order valence-electron chi connectivity index (χ2n) is 4.06. The highest BCUT2D eigenvalue weighted by Gasteiger charge is 2.17. The van der Waals surface area contributed by atoms with Crippen molar-refractivity contribution >= 4 is 0 Å². The highest BCUT2D eigenvalue weighted by molar-refractivity contribution is 5.24. The molecular formula is C11H18. The Morgan fingerprint density at radius 1 is 1.45 bits per heavy atom. The predicted molar refractivity (Wildman–Crippen MR) is 50.5 cm³/mol. The second kappa shape index (κ2) is 3.25. The lowest BCUT2D eigenvalue weighted by Crippen LogP contribution is -2.13. The first-order chi connectivity index (χ1) is 5.09. The summed E-state index contributed by atoms with van der Waals surface area (Å²) in [6, 6.07) is 0. The fourth-order valence-corrected chi connectivity index (χ4v) is 1.76. The van der Waals surface area contributed by atoms with Crippen LogP contribution < -0.4 is 0 Å². The SMILES string of the molecule is C=C1C=C(C)CC(C(C)C)C1. The topological polar surface area (TPSA) is 0 Å². The van der Waals surface area contributed by atoms with Crippen LogP contribution in [0, 0.1) is 11.8 Å². The van der Waals surface area contributed by atoms with Crippen LogP contribution in [0.1, 0.15) is 33.6 Å². The van der Waals surface area contributed by atoms with E-state index in [0.717, 1.165) is 11.8 Å². The summed E-state index contributed by atoms with van der Waals surface area (Å²) < 4.78 is 0. The summed E-state index contributed by atoms with van der Waals surface area (Å²) in [4.78, 5) is 0. The Labute approximate surface area is 70.0 Å². The summed E-state index contributed by atoms with van der Waals surface area (Å²) in [6.45, 7) is 10.8. The first-order valence-corrected chi connectivity index (χ1v) is 4.44. The van der Waals surface area contributed by atoms with Gasteiger partial charge in [0.1, 0.15) is 0 Å². The lowest BCUT2D eigenvalue weighted by Gasteiger charge is -2.25. The van der Waals surface area contributed by atoms with E-state index >= 15 is 0 Å². The molecule has 0 heteroatoms. The van der Waals surface area contributed by atoms with E-state index in [1.54, 1.807) is 0 Å². The summed E-state index contributed by atoms with van der Waals surface area (Å²) in [6.07, 6.45) is 4.71. The van der Waals surface area contributed by atoms with Crippen molar-refractivity contribution in [2.45, 2.75) is 33.6 Å².